The van der Waals surface area contributed by atoms with Crippen molar-refractivity contribution >= 4 is 62.5 Å². The molecule has 2 amide bonds. The van der Waals surface area contributed by atoms with E-state index in [9.17, 15) is 19.5 Å². The summed E-state index contributed by atoms with van der Waals surface area (Å²) in [4.78, 5) is 36.1. The number of aromatic hydroxyl groups is 1. The van der Waals surface area contributed by atoms with Gasteiger partial charge in [0, 0.05) is 0 Å². The molecular formula is C13H9BrClNO5S. The number of phenols is 1. The average Bonchev–Trinajstić information content (AvgIpc) is 2.72. The van der Waals surface area contributed by atoms with Gasteiger partial charge in [0.1, 0.15) is 12.3 Å². The fourth-order valence-electron chi connectivity index (χ4n) is 1.65. The minimum Gasteiger partial charge on any atom is -0.505 e. The lowest BCUT2D eigenvalue weighted by atomic mass is 10.2. The maximum absolute atomic E-state index is 12.1. The first-order valence-electron chi connectivity index (χ1n) is 5.83. The third kappa shape index (κ3) is 3.45. The van der Waals surface area contributed by atoms with Crippen LogP contribution >= 0.6 is 39.3 Å². The minimum atomic E-state index is -0.682. The quantitative estimate of drug-likeness (QED) is 0.613. The predicted molar refractivity (Wildman–Crippen MR) is 85.5 cm³/mol. The zero-order valence-electron chi connectivity index (χ0n) is 11.1. The van der Waals surface area contributed by atoms with Crippen LogP contribution in [0.5, 0.6) is 5.75 Å². The molecule has 2 rings (SSSR count). The molecule has 0 aromatic heterocycles. The van der Waals surface area contributed by atoms with E-state index in [4.69, 9.17) is 11.6 Å². The van der Waals surface area contributed by atoms with E-state index in [2.05, 4.69) is 20.7 Å². The van der Waals surface area contributed by atoms with Crippen LogP contribution in [0.2, 0.25) is 5.02 Å². The highest BCUT2D eigenvalue weighted by molar-refractivity contribution is 9.10. The molecule has 1 aliphatic heterocycles. The first kappa shape index (κ1) is 16.9. The van der Waals surface area contributed by atoms with Crippen LogP contribution in [0.4, 0.5) is 4.79 Å². The van der Waals surface area contributed by atoms with Gasteiger partial charge < -0.3 is 9.84 Å². The molecule has 0 spiro atoms. The van der Waals surface area contributed by atoms with Gasteiger partial charge in [-0.05, 0) is 51.5 Å². The number of amides is 2. The Morgan fingerprint density at radius 2 is 2.18 bits per heavy atom. The highest BCUT2D eigenvalue weighted by Crippen LogP contribution is 2.36. The van der Waals surface area contributed by atoms with Crippen LogP contribution in [0, 0.1) is 0 Å². The topological polar surface area (TPSA) is 83.9 Å². The normalized spacial score (nSPS) is 16.5. The Hall–Kier alpha value is -1.51. The van der Waals surface area contributed by atoms with Gasteiger partial charge in [0.25, 0.3) is 11.1 Å². The highest BCUT2D eigenvalue weighted by atomic mass is 79.9. The summed E-state index contributed by atoms with van der Waals surface area (Å²) in [6.45, 7) is -0.432. The van der Waals surface area contributed by atoms with Gasteiger partial charge in [-0.15, -0.1) is 0 Å². The number of hydrogen-bond acceptors (Lipinski definition) is 6. The molecule has 1 aromatic carbocycles. The van der Waals surface area contributed by atoms with E-state index in [0.29, 0.717) is 21.8 Å². The molecule has 9 heteroatoms. The van der Waals surface area contributed by atoms with E-state index in [1.165, 1.54) is 19.3 Å². The number of imide groups is 1. The molecule has 0 aliphatic carbocycles. The number of carbonyl (C=O) groups is 3. The van der Waals surface area contributed by atoms with Crippen molar-refractivity contribution in [1.82, 2.24) is 4.90 Å². The lowest BCUT2D eigenvalue weighted by molar-refractivity contribution is -0.143. The van der Waals surface area contributed by atoms with Gasteiger partial charge in [-0.1, -0.05) is 11.6 Å². The zero-order valence-corrected chi connectivity index (χ0v) is 14.3. The Kier molecular flexibility index (Phi) is 5.15. The number of carbonyl (C=O) groups excluding carboxylic acids is 3. The molecule has 6 nitrogen and oxygen atoms in total. The number of esters is 1. The molecule has 1 heterocycles. The largest absolute Gasteiger partial charge is 0.505 e. The molecule has 0 unspecified atom stereocenters. The third-order valence-corrected chi connectivity index (χ3v) is 4.53. The van der Waals surface area contributed by atoms with Gasteiger partial charge in [-0.2, -0.15) is 0 Å². The maximum Gasteiger partial charge on any atom is 0.325 e. The van der Waals surface area contributed by atoms with Crippen molar-refractivity contribution in [2.75, 3.05) is 13.7 Å². The number of rotatable bonds is 3. The van der Waals surface area contributed by atoms with Crippen molar-refractivity contribution in [3.05, 3.63) is 32.1 Å². The standard InChI is InChI=1S/C13H9BrClNO5S/c1-21-10(17)5-16-12(19)9(22-13(16)20)4-6-2-7(14)11(18)8(15)3-6/h2-4,18H,5H2,1H3/b9-4+. The number of nitrogens with zero attached hydrogens (tertiary/aromatic N) is 1. The first-order valence-corrected chi connectivity index (χ1v) is 7.82. The second kappa shape index (κ2) is 6.72. The number of methoxy groups -OCH3 is 1. The van der Waals surface area contributed by atoms with E-state index >= 15 is 0 Å². The Labute approximate surface area is 143 Å². The van der Waals surface area contributed by atoms with Gasteiger partial charge in [-0.3, -0.25) is 19.3 Å². The van der Waals surface area contributed by atoms with Crippen LogP contribution in [0.3, 0.4) is 0 Å². The molecule has 1 aliphatic rings. The number of halogens is 2. The predicted octanol–water partition coefficient (Wildman–Crippen LogP) is 3.02. The molecule has 1 fully saturated rings. The Morgan fingerprint density at radius 1 is 1.50 bits per heavy atom. The van der Waals surface area contributed by atoms with E-state index < -0.39 is 23.7 Å². The molecule has 0 radical (unpaired) electrons. The van der Waals surface area contributed by atoms with Crippen molar-refractivity contribution in [2.45, 2.75) is 0 Å². The smallest absolute Gasteiger partial charge is 0.325 e. The van der Waals surface area contributed by atoms with Crippen molar-refractivity contribution in [3.8, 4) is 5.75 Å². The Bertz CT molecular complexity index is 683. The van der Waals surface area contributed by atoms with Crippen molar-refractivity contribution < 1.29 is 24.2 Å². The molecule has 1 N–H and O–H groups in total. The molecule has 0 saturated carbocycles. The van der Waals surface area contributed by atoms with Crippen LogP contribution in [-0.2, 0) is 14.3 Å². The number of phenolic OH excluding ortho intramolecular Hbond substituents is 1. The average molecular weight is 407 g/mol. The van der Waals surface area contributed by atoms with Crippen LogP contribution < -0.4 is 0 Å². The summed E-state index contributed by atoms with van der Waals surface area (Å²) < 4.78 is 4.80. The first-order chi connectivity index (χ1) is 10.3. The van der Waals surface area contributed by atoms with Crippen molar-refractivity contribution in [1.29, 1.82) is 0 Å². The summed E-state index contributed by atoms with van der Waals surface area (Å²) >= 11 is 9.69. The summed E-state index contributed by atoms with van der Waals surface area (Å²) in [7, 11) is 1.17. The summed E-state index contributed by atoms with van der Waals surface area (Å²) in [6, 6.07) is 3.01. The summed E-state index contributed by atoms with van der Waals surface area (Å²) in [5, 5.41) is 9.12. The van der Waals surface area contributed by atoms with Gasteiger partial charge in [0.15, 0.2) is 0 Å². The molecule has 22 heavy (non-hydrogen) atoms. The van der Waals surface area contributed by atoms with Gasteiger partial charge in [0.2, 0.25) is 0 Å². The van der Waals surface area contributed by atoms with Gasteiger partial charge >= 0.3 is 5.97 Å². The maximum atomic E-state index is 12.1. The second-order valence-corrected chi connectivity index (χ2v) is 6.43. The molecule has 0 bridgehead atoms. The van der Waals surface area contributed by atoms with E-state index in [0.717, 1.165) is 4.90 Å². The van der Waals surface area contributed by atoms with Crippen LogP contribution in [0.15, 0.2) is 21.5 Å². The van der Waals surface area contributed by atoms with E-state index in [1.807, 2.05) is 0 Å². The van der Waals surface area contributed by atoms with Crippen LogP contribution in [0.25, 0.3) is 6.08 Å². The number of thioether (sulfide) groups is 1. The lowest BCUT2D eigenvalue weighted by Crippen LogP contribution is -2.34. The minimum absolute atomic E-state index is 0.106. The van der Waals surface area contributed by atoms with E-state index in [1.54, 1.807) is 6.07 Å². The SMILES string of the molecule is COC(=O)CN1C(=O)S/C(=C/c2cc(Cl)c(O)c(Br)c2)C1=O. The molecular weight excluding hydrogens is 398 g/mol. The van der Waals surface area contributed by atoms with Crippen molar-refractivity contribution in [2.24, 2.45) is 0 Å². The molecule has 0 atom stereocenters. The fraction of sp³-hybridized carbons (Fsp3) is 0.154. The summed E-state index contributed by atoms with van der Waals surface area (Å²) in [5.74, 6) is -1.38. The van der Waals surface area contributed by atoms with Gasteiger partial charge in [0.05, 0.1) is 21.5 Å². The monoisotopic (exact) mass is 405 g/mol. The Morgan fingerprint density at radius 3 is 2.77 bits per heavy atom. The number of hydrogen-bond donors (Lipinski definition) is 1. The zero-order chi connectivity index (χ0) is 16.4. The summed E-state index contributed by atoms with van der Waals surface area (Å²) in [5.41, 5.74) is 0.526. The highest BCUT2D eigenvalue weighted by Gasteiger charge is 2.36. The Balaban J connectivity index is 2.28. The number of benzene rings is 1. The lowest BCUT2D eigenvalue weighted by Gasteiger charge is -2.09. The molecule has 1 aromatic rings. The number of ether oxygens (including phenoxy) is 1. The molecule has 1 saturated heterocycles. The van der Waals surface area contributed by atoms with Crippen LogP contribution in [0.1, 0.15) is 5.56 Å². The van der Waals surface area contributed by atoms with Gasteiger partial charge in [-0.25, -0.2) is 0 Å². The fourth-order valence-corrected chi connectivity index (χ4v) is 3.31. The summed E-state index contributed by atoms with van der Waals surface area (Å²) in [6.07, 6.45) is 1.46. The van der Waals surface area contributed by atoms with E-state index in [-0.39, 0.29) is 15.7 Å². The van der Waals surface area contributed by atoms with Crippen molar-refractivity contribution in [3.63, 3.8) is 0 Å². The van der Waals surface area contributed by atoms with Crippen LogP contribution in [-0.4, -0.2) is 40.8 Å². The second-order valence-electron chi connectivity index (χ2n) is 4.18. The molecule has 116 valence electrons. The third-order valence-electron chi connectivity index (χ3n) is 2.73.